The van der Waals surface area contributed by atoms with E-state index in [1.807, 2.05) is 6.07 Å². The van der Waals surface area contributed by atoms with Gasteiger partial charge in [0, 0.05) is 30.4 Å². The normalized spacial score (nSPS) is 14.8. The van der Waals surface area contributed by atoms with Crippen molar-refractivity contribution in [3.63, 3.8) is 0 Å². The van der Waals surface area contributed by atoms with E-state index in [2.05, 4.69) is 47.5 Å². The topological polar surface area (TPSA) is 56.1 Å². The number of carbonyl (C=O) groups excluding carboxylic acids is 1. The molecular formula is C21H23N3O. The van der Waals surface area contributed by atoms with Gasteiger partial charge in [0.25, 0.3) is 0 Å². The first-order chi connectivity index (χ1) is 12.1. The lowest BCUT2D eigenvalue weighted by molar-refractivity contribution is 0.101. The Balaban J connectivity index is 1.69. The van der Waals surface area contributed by atoms with Crippen LogP contribution in [0.25, 0.3) is 0 Å². The molecule has 0 spiro atoms. The van der Waals surface area contributed by atoms with Crippen LogP contribution < -0.4 is 10.2 Å². The molecule has 0 unspecified atom stereocenters. The Morgan fingerprint density at radius 1 is 1.20 bits per heavy atom. The van der Waals surface area contributed by atoms with Gasteiger partial charge in [0.05, 0.1) is 11.3 Å². The molecule has 1 aliphatic rings. The number of piperidine rings is 1. The van der Waals surface area contributed by atoms with Gasteiger partial charge in [0.15, 0.2) is 5.78 Å². The molecule has 4 heteroatoms. The monoisotopic (exact) mass is 333 g/mol. The summed E-state index contributed by atoms with van der Waals surface area (Å²) < 4.78 is 0. The van der Waals surface area contributed by atoms with Gasteiger partial charge in [-0.2, -0.15) is 5.26 Å². The second-order valence-corrected chi connectivity index (χ2v) is 6.68. The van der Waals surface area contributed by atoms with Gasteiger partial charge in [-0.1, -0.05) is 12.1 Å². The zero-order valence-electron chi connectivity index (χ0n) is 14.7. The van der Waals surface area contributed by atoms with Crippen LogP contribution in [0.2, 0.25) is 0 Å². The van der Waals surface area contributed by atoms with Crippen molar-refractivity contribution in [2.45, 2.75) is 32.7 Å². The van der Waals surface area contributed by atoms with Crippen molar-refractivity contribution in [2.24, 2.45) is 0 Å². The molecule has 0 atom stereocenters. The number of nitrogens with zero attached hydrogens (tertiary/aromatic N) is 2. The third kappa shape index (κ3) is 4.00. The number of anilines is 2. The summed E-state index contributed by atoms with van der Waals surface area (Å²) in [4.78, 5) is 13.9. The molecule has 1 saturated heterocycles. The predicted molar refractivity (Wildman–Crippen MR) is 101 cm³/mol. The van der Waals surface area contributed by atoms with Crippen molar-refractivity contribution in [3.05, 3.63) is 59.2 Å². The highest BCUT2D eigenvalue weighted by Crippen LogP contribution is 2.26. The lowest BCUT2D eigenvalue weighted by Gasteiger charge is -2.35. The van der Waals surface area contributed by atoms with Crippen molar-refractivity contribution in [1.29, 1.82) is 5.26 Å². The van der Waals surface area contributed by atoms with Crippen molar-refractivity contribution in [1.82, 2.24) is 0 Å². The average molecular weight is 333 g/mol. The average Bonchev–Trinajstić information content (AvgIpc) is 2.62. The molecule has 0 saturated carbocycles. The number of benzene rings is 2. The SMILES string of the molecule is CC(=O)c1ccc(C#N)c(N2CCC(Nc3cccc(C)c3)CC2)c1. The fourth-order valence-corrected chi connectivity index (χ4v) is 3.34. The molecule has 25 heavy (non-hydrogen) atoms. The fourth-order valence-electron chi connectivity index (χ4n) is 3.34. The number of carbonyl (C=O) groups is 1. The number of nitriles is 1. The van der Waals surface area contributed by atoms with Crippen LogP contribution in [0.1, 0.15) is 41.3 Å². The molecule has 0 amide bonds. The van der Waals surface area contributed by atoms with Gasteiger partial charge < -0.3 is 10.2 Å². The molecule has 1 aliphatic heterocycles. The van der Waals surface area contributed by atoms with E-state index in [0.717, 1.165) is 37.3 Å². The number of Topliss-reactive ketones (excluding diaryl/α,β-unsaturated/α-hetero) is 1. The molecule has 1 fully saturated rings. The van der Waals surface area contributed by atoms with Gasteiger partial charge >= 0.3 is 0 Å². The molecule has 0 aromatic heterocycles. The maximum atomic E-state index is 11.7. The van der Waals surface area contributed by atoms with Crippen LogP contribution in [0, 0.1) is 18.3 Å². The summed E-state index contributed by atoms with van der Waals surface area (Å²) >= 11 is 0. The number of hydrogen-bond donors (Lipinski definition) is 1. The van der Waals surface area contributed by atoms with Crippen LogP contribution in [-0.4, -0.2) is 24.9 Å². The number of ketones is 1. The van der Waals surface area contributed by atoms with Gasteiger partial charge in [-0.15, -0.1) is 0 Å². The van der Waals surface area contributed by atoms with E-state index in [9.17, 15) is 10.1 Å². The minimum atomic E-state index is 0.0294. The van der Waals surface area contributed by atoms with E-state index in [1.54, 1.807) is 19.1 Å². The summed E-state index contributed by atoms with van der Waals surface area (Å²) in [6.45, 7) is 5.40. The Hall–Kier alpha value is -2.80. The summed E-state index contributed by atoms with van der Waals surface area (Å²) in [7, 11) is 0. The smallest absolute Gasteiger partial charge is 0.159 e. The van der Waals surface area contributed by atoms with Crippen molar-refractivity contribution in [3.8, 4) is 6.07 Å². The Morgan fingerprint density at radius 3 is 2.60 bits per heavy atom. The van der Waals surface area contributed by atoms with Crippen LogP contribution >= 0.6 is 0 Å². The van der Waals surface area contributed by atoms with Crippen LogP contribution in [0.4, 0.5) is 11.4 Å². The van der Waals surface area contributed by atoms with E-state index in [1.165, 1.54) is 5.56 Å². The Morgan fingerprint density at radius 2 is 1.96 bits per heavy atom. The third-order valence-corrected chi connectivity index (χ3v) is 4.75. The summed E-state index contributed by atoms with van der Waals surface area (Å²) in [5.74, 6) is 0.0294. The molecule has 128 valence electrons. The zero-order chi connectivity index (χ0) is 17.8. The Kier molecular flexibility index (Phi) is 5.04. The summed E-state index contributed by atoms with van der Waals surface area (Å²) in [6, 6.07) is 16.4. The number of nitrogens with one attached hydrogen (secondary N) is 1. The van der Waals surface area contributed by atoms with Crippen LogP contribution in [0.15, 0.2) is 42.5 Å². The molecule has 3 rings (SSSR count). The fraction of sp³-hybridized carbons (Fsp3) is 0.333. The lowest BCUT2D eigenvalue weighted by atomic mass is 10.0. The first-order valence-corrected chi connectivity index (χ1v) is 8.70. The highest BCUT2D eigenvalue weighted by Gasteiger charge is 2.21. The van der Waals surface area contributed by atoms with Crippen LogP contribution in [-0.2, 0) is 0 Å². The highest BCUT2D eigenvalue weighted by atomic mass is 16.1. The molecule has 0 radical (unpaired) electrons. The maximum Gasteiger partial charge on any atom is 0.159 e. The summed E-state index contributed by atoms with van der Waals surface area (Å²) in [5.41, 5.74) is 4.59. The highest BCUT2D eigenvalue weighted by molar-refractivity contribution is 5.95. The standard InChI is InChI=1S/C21H23N3O/c1-15-4-3-5-20(12-15)23-19-8-10-24(11-9-19)21-13-17(16(2)25)6-7-18(21)14-22/h3-7,12-13,19,23H,8-11H2,1-2H3. The number of aryl methyl sites for hydroxylation is 1. The second-order valence-electron chi connectivity index (χ2n) is 6.68. The molecule has 0 aliphatic carbocycles. The molecule has 1 N–H and O–H groups in total. The lowest BCUT2D eigenvalue weighted by Crippen LogP contribution is -2.39. The summed E-state index contributed by atoms with van der Waals surface area (Å²) in [6.07, 6.45) is 2.01. The quantitative estimate of drug-likeness (QED) is 0.854. The van der Waals surface area contributed by atoms with E-state index in [-0.39, 0.29) is 5.78 Å². The van der Waals surface area contributed by atoms with Crippen LogP contribution in [0.5, 0.6) is 0 Å². The molecule has 1 heterocycles. The Labute approximate surface area is 149 Å². The van der Waals surface area contributed by atoms with Crippen molar-refractivity contribution in [2.75, 3.05) is 23.3 Å². The van der Waals surface area contributed by atoms with Crippen LogP contribution in [0.3, 0.4) is 0 Å². The Bertz CT molecular complexity index is 814. The van der Waals surface area contributed by atoms with Gasteiger partial charge in [0.2, 0.25) is 0 Å². The summed E-state index contributed by atoms with van der Waals surface area (Å²) in [5, 5.41) is 13.0. The third-order valence-electron chi connectivity index (χ3n) is 4.75. The van der Waals surface area contributed by atoms with E-state index >= 15 is 0 Å². The van der Waals surface area contributed by atoms with Gasteiger partial charge in [-0.25, -0.2) is 0 Å². The van der Waals surface area contributed by atoms with Crippen molar-refractivity contribution < 1.29 is 4.79 Å². The largest absolute Gasteiger partial charge is 0.382 e. The number of hydrogen-bond acceptors (Lipinski definition) is 4. The van der Waals surface area contributed by atoms with Gasteiger partial charge in [-0.05, 0) is 62.6 Å². The maximum absolute atomic E-state index is 11.7. The molecular weight excluding hydrogens is 310 g/mol. The van der Waals surface area contributed by atoms with E-state index in [0.29, 0.717) is 17.2 Å². The minimum absolute atomic E-state index is 0.0294. The second kappa shape index (κ2) is 7.40. The van der Waals surface area contributed by atoms with Crippen molar-refractivity contribution >= 4 is 17.2 Å². The van der Waals surface area contributed by atoms with Gasteiger partial charge in [0.1, 0.15) is 6.07 Å². The number of rotatable bonds is 4. The first kappa shape index (κ1) is 17.0. The molecule has 2 aromatic rings. The first-order valence-electron chi connectivity index (χ1n) is 8.70. The minimum Gasteiger partial charge on any atom is -0.382 e. The molecule has 4 nitrogen and oxygen atoms in total. The molecule has 2 aromatic carbocycles. The zero-order valence-corrected chi connectivity index (χ0v) is 14.7. The van der Waals surface area contributed by atoms with Gasteiger partial charge in [-0.3, -0.25) is 4.79 Å². The van der Waals surface area contributed by atoms with E-state index < -0.39 is 0 Å². The van der Waals surface area contributed by atoms with E-state index in [4.69, 9.17) is 0 Å². The molecule has 0 bridgehead atoms. The predicted octanol–water partition coefficient (Wildman–Crippen LogP) is 4.15.